The highest BCUT2D eigenvalue weighted by Gasteiger charge is 2.16. The zero-order valence-electron chi connectivity index (χ0n) is 14.4. The predicted molar refractivity (Wildman–Crippen MR) is 92.2 cm³/mol. The third-order valence-corrected chi connectivity index (χ3v) is 4.19. The normalized spacial score (nSPS) is 17.2. The molecule has 2 aromatic heterocycles. The van der Waals surface area contributed by atoms with Gasteiger partial charge in [0.2, 0.25) is 5.88 Å². The molecule has 25 heavy (non-hydrogen) atoms. The third kappa shape index (κ3) is 4.76. The monoisotopic (exact) mass is 344 g/mol. The van der Waals surface area contributed by atoms with Crippen molar-refractivity contribution >= 4 is 5.91 Å². The smallest absolute Gasteiger partial charge is 0.273 e. The zero-order valence-corrected chi connectivity index (χ0v) is 14.4. The first-order chi connectivity index (χ1) is 12.3. The summed E-state index contributed by atoms with van der Waals surface area (Å²) in [6.07, 6.45) is 5.73. The fraction of sp³-hybridized carbons (Fsp3) is 0.529. The van der Waals surface area contributed by atoms with Crippen molar-refractivity contribution in [2.75, 3.05) is 19.7 Å². The van der Waals surface area contributed by atoms with E-state index in [2.05, 4.69) is 25.9 Å². The van der Waals surface area contributed by atoms with Crippen molar-refractivity contribution in [1.82, 2.24) is 30.6 Å². The Morgan fingerprint density at radius 1 is 1.52 bits per heavy atom. The number of nitrogens with one attached hydrogen (secondary N) is 2. The summed E-state index contributed by atoms with van der Waals surface area (Å²) in [6, 6.07) is 3.70. The molecule has 3 rings (SSSR count). The largest absolute Gasteiger partial charge is 0.478 e. The second kappa shape index (κ2) is 8.57. The van der Waals surface area contributed by atoms with Crippen molar-refractivity contribution < 1.29 is 9.53 Å². The van der Waals surface area contributed by atoms with E-state index in [4.69, 9.17) is 4.74 Å². The predicted octanol–water partition coefficient (Wildman–Crippen LogP) is 1.00. The molecule has 2 aromatic rings. The number of rotatable bonds is 7. The Kier molecular flexibility index (Phi) is 5.95. The quantitative estimate of drug-likeness (QED) is 0.778. The number of nitrogens with zero attached hydrogens (tertiary/aromatic N) is 4. The molecule has 3 heterocycles. The minimum atomic E-state index is -0.251. The highest BCUT2D eigenvalue weighted by atomic mass is 16.5. The van der Waals surface area contributed by atoms with Crippen LogP contribution in [0.3, 0.4) is 0 Å². The number of piperidine rings is 1. The van der Waals surface area contributed by atoms with E-state index >= 15 is 0 Å². The van der Waals surface area contributed by atoms with Gasteiger partial charge in [0.15, 0.2) is 5.69 Å². The van der Waals surface area contributed by atoms with Gasteiger partial charge in [0.1, 0.15) is 0 Å². The third-order valence-electron chi connectivity index (χ3n) is 4.19. The van der Waals surface area contributed by atoms with Crippen LogP contribution in [0.15, 0.2) is 24.5 Å². The maximum Gasteiger partial charge on any atom is 0.273 e. The molecule has 1 atom stereocenters. The van der Waals surface area contributed by atoms with Gasteiger partial charge in [0.25, 0.3) is 5.91 Å². The van der Waals surface area contributed by atoms with Crippen LogP contribution in [0, 0.1) is 5.92 Å². The van der Waals surface area contributed by atoms with E-state index in [1.807, 2.05) is 19.1 Å². The molecule has 1 aliphatic rings. The topological polar surface area (TPSA) is 94.0 Å². The van der Waals surface area contributed by atoms with Crippen LogP contribution in [0.2, 0.25) is 0 Å². The molecule has 1 fully saturated rings. The molecule has 0 saturated carbocycles. The van der Waals surface area contributed by atoms with E-state index in [9.17, 15) is 4.79 Å². The summed E-state index contributed by atoms with van der Waals surface area (Å²) in [4.78, 5) is 16.5. The molecular formula is C17H24N6O2. The Hall–Kier alpha value is -2.48. The molecule has 1 aliphatic heterocycles. The van der Waals surface area contributed by atoms with E-state index in [0.29, 0.717) is 30.6 Å². The van der Waals surface area contributed by atoms with Gasteiger partial charge in [-0.05, 0) is 44.8 Å². The van der Waals surface area contributed by atoms with E-state index < -0.39 is 0 Å². The molecule has 0 bridgehead atoms. The summed E-state index contributed by atoms with van der Waals surface area (Å²) in [6.45, 7) is 5.62. The Labute approximate surface area is 147 Å². The maximum absolute atomic E-state index is 12.3. The second-order valence-corrected chi connectivity index (χ2v) is 6.12. The van der Waals surface area contributed by atoms with Gasteiger partial charge in [-0.15, -0.1) is 5.10 Å². The maximum atomic E-state index is 12.3. The van der Waals surface area contributed by atoms with E-state index in [1.165, 1.54) is 12.8 Å². The molecule has 8 nitrogen and oxygen atoms in total. The summed E-state index contributed by atoms with van der Waals surface area (Å²) in [7, 11) is 0. The van der Waals surface area contributed by atoms with Gasteiger partial charge in [-0.25, -0.2) is 4.98 Å². The van der Waals surface area contributed by atoms with Crippen LogP contribution in [0.5, 0.6) is 5.88 Å². The SMILES string of the molecule is CCOc1ncccc1CNC(=O)c1cn(CC2CCCNC2)nn1. The van der Waals surface area contributed by atoms with Crippen molar-refractivity contribution in [2.24, 2.45) is 5.92 Å². The Morgan fingerprint density at radius 3 is 3.24 bits per heavy atom. The average Bonchev–Trinajstić information content (AvgIpc) is 3.10. The fourth-order valence-corrected chi connectivity index (χ4v) is 2.93. The van der Waals surface area contributed by atoms with Crippen molar-refractivity contribution in [1.29, 1.82) is 0 Å². The first-order valence-electron chi connectivity index (χ1n) is 8.72. The van der Waals surface area contributed by atoms with Crippen LogP contribution in [0.25, 0.3) is 0 Å². The summed E-state index contributed by atoms with van der Waals surface area (Å²) < 4.78 is 7.22. The first kappa shape index (κ1) is 17.3. The summed E-state index contributed by atoms with van der Waals surface area (Å²) in [5.41, 5.74) is 1.16. The van der Waals surface area contributed by atoms with Crippen LogP contribution < -0.4 is 15.4 Å². The number of carbonyl (C=O) groups excluding carboxylic acids is 1. The van der Waals surface area contributed by atoms with E-state index in [0.717, 1.165) is 25.2 Å². The first-order valence-corrected chi connectivity index (χ1v) is 8.72. The lowest BCUT2D eigenvalue weighted by Gasteiger charge is -2.22. The van der Waals surface area contributed by atoms with Crippen LogP contribution in [0.4, 0.5) is 0 Å². The van der Waals surface area contributed by atoms with Gasteiger partial charge in [-0.2, -0.15) is 0 Å². The highest BCUT2D eigenvalue weighted by molar-refractivity contribution is 5.91. The Balaban J connectivity index is 1.55. The van der Waals surface area contributed by atoms with Gasteiger partial charge in [0, 0.05) is 24.8 Å². The summed E-state index contributed by atoms with van der Waals surface area (Å²) in [5.74, 6) is 0.827. The van der Waals surface area contributed by atoms with Crippen LogP contribution in [-0.4, -0.2) is 45.6 Å². The highest BCUT2D eigenvalue weighted by Crippen LogP contribution is 2.14. The van der Waals surface area contributed by atoms with Crippen LogP contribution in [-0.2, 0) is 13.1 Å². The van der Waals surface area contributed by atoms with Crippen molar-refractivity contribution in [2.45, 2.75) is 32.9 Å². The number of amides is 1. The number of ether oxygens (including phenoxy) is 1. The van der Waals surface area contributed by atoms with Crippen LogP contribution in [0.1, 0.15) is 35.8 Å². The van der Waals surface area contributed by atoms with Gasteiger partial charge in [-0.1, -0.05) is 11.3 Å². The molecule has 0 aromatic carbocycles. The molecule has 1 unspecified atom stereocenters. The molecule has 2 N–H and O–H groups in total. The Bertz CT molecular complexity index is 696. The average molecular weight is 344 g/mol. The zero-order chi connectivity index (χ0) is 17.5. The lowest BCUT2D eigenvalue weighted by Crippen LogP contribution is -2.32. The molecule has 0 radical (unpaired) electrons. The summed E-state index contributed by atoms with van der Waals surface area (Å²) in [5, 5.41) is 14.3. The lowest BCUT2D eigenvalue weighted by atomic mass is 10.00. The minimum Gasteiger partial charge on any atom is -0.478 e. The summed E-state index contributed by atoms with van der Waals surface area (Å²) >= 11 is 0. The molecular weight excluding hydrogens is 320 g/mol. The fourth-order valence-electron chi connectivity index (χ4n) is 2.93. The molecule has 1 amide bonds. The molecule has 1 saturated heterocycles. The number of pyridine rings is 1. The van der Waals surface area contributed by atoms with Gasteiger partial charge in [0.05, 0.1) is 12.8 Å². The number of hydrogen-bond donors (Lipinski definition) is 2. The van der Waals surface area contributed by atoms with Crippen molar-refractivity contribution in [3.63, 3.8) is 0 Å². The van der Waals surface area contributed by atoms with Crippen molar-refractivity contribution in [3.8, 4) is 5.88 Å². The van der Waals surface area contributed by atoms with E-state index in [1.54, 1.807) is 17.1 Å². The lowest BCUT2D eigenvalue weighted by molar-refractivity contribution is 0.0945. The second-order valence-electron chi connectivity index (χ2n) is 6.12. The van der Waals surface area contributed by atoms with Crippen molar-refractivity contribution in [3.05, 3.63) is 35.8 Å². The van der Waals surface area contributed by atoms with Gasteiger partial charge in [-0.3, -0.25) is 9.48 Å². The standard InChI is InChI=1S/C17H24N6O2/c1-2-25-17-14(6-4-8-19-17)10-20-16(24)15-12-23(22-21-15)11-13-5-3-7-18-9-13/h4,6,8,12-13,18H,2-3,5,7,9-11H2,1H3,(H,20,24). The molecule has 0 aliphatic carbocycles. The molecule has 8 heteroatoms. The van der Waals surface area contributed by atoms with Gasteiger partial charge >= 0.3 is 0 Å². The Morgan fingerprint density at radius 2 is 2.44 bits per heavy atom. The van der Waals surface area contributed by atoms with Gasteiger partial charge < -0.3 is 15.4 Å². The number of carbonyl (C=O) groups is 1. The molecule has 0 spiro atoms. The minimum absolute atomic E-state index is 0.251. The van der Waals surface area contributed by atoms with E-state index in [-0.39, 0.29) is 5.91 Å². The molecule has 134 valence electrons. The van der Waals surface area contributed by atoms with Crippen LogP contribution >= 0.6 is 0 Å². The number of aromatic nitrogens is 4. The number of hydrogen-bond acceptors (Lipinski definition) is 6.